The maximum atomic E-state index is 5.91. The second-order valence-electron chi connectivity index (χ2n) is 5.08. The highest BCUT2D eigenvalue weighted by Crippen LogP contribution is 2.38. The first-order valence-corrected chi connectivity index (χ1v) is 7.44. The van der Waals surface area contributed by atoms with Gasteiger partial charge in [-0.15, -0.1) is 0 Å². The van der Waals surface area contributed by atoms with Gasteiger partial charge >= 0.3 is 0 Å². The highest BCUT2D eigenvalue weighted by molar-refractivity contribution is 5.30. The molecule has 0 aliphatic rings. The molecule has 1 aromatic rings. The summed E-state index contributed by atoms with van der Waals surface area (Å²) < 4.78 is 13.3. The van der Waals surface area contributed by atoms with E-state index in [-0.39, 0.29) is 11.6 Å². The van der Waals surface area contributed by atoms with E-state index in [0.29, 0.717) is 0 Å². The lowest BCUT2D eigenvalue weighted by molar-refractivity contribution is -0.0509. The van der Waals surface area contributed by atoms with Crippen LogP contribution in [0.5, 0.6) is 5.75 Å². The second-order valence-corrected chi connectivity index (χ2v) is 5.08. The zero-order valence-corrected chi connectivity index (χ0v) is 13.7. The highest BCUT2D eigenvalue weighted by Gasteiger charge is 2.40. The molecule has 0 aliphatic carbocycles. The van der Waals surface area contributed by atoms with E-state index in [1.165, 1.54) is 0 Å². The van der Waals surface area contributed by atoms with Crippen LogP contribution < -0.4 is 10.1 Å². The Bertz CT molecular complexity index is 392. The normalized spacial score (nSPS) is 13.5. The van der Waals surface area contributed by atoms with Gasteiger partial charge in [0, 0.05) is 14.2 Å². The molecule has 116 valence electrons. The van der Waals surface area contributed by atoms with Crippen LogP contribution in [0.3, 0.4) is 0 Å². The topological polar surface area (TPSA) is 48.3 Å². The summed E-state index contributed by atoms with van der Waals surface area (Å²) in [6.45, 7) is 7.42. The Morgan fingerprint density at radius 1 is 1.30 bits per heavy atom. The molecule has 0 aliphatic heterocycles. The molecule has 1 unspecified atom stereocenters. The number of hydrogen-bond donors (Lipinski definition) is 1. The van der Waals surface area contributed by atoms with Crippen molar-refractivity contribution in [3.63, 3.8) is 0 Å². The van der Waals surface area contributed by atoms with E-state index in [1.807, 2.05) is 11.7 Å². The first-order chi connectivity index (χ1) is 9.60. The number of nitrogens with one attached hydrogen (secondary N) is 1. The fourth-order valence-corrected chi connectivity index (χ4v) is 2.80. The number of ether oxygens (including phenoxy) is 2. The molecule has 20 heavy (non-hydrogen) atoms. The summed E-state index contributed by atoms with van der Waals surface area (Å²) in [6.07, 6.45) is 4.69. The standard InChI is InChI=1S/C15H29N3O2/c1-7-10-16-14(15(8-2,9-3)20-6)13-12(19-5)11-17-18(13)4/h11,14,16H,7-10H2,1-6H3. The third-order valence-electron chi connectivity index (χ3n) is 4.17. The maximum Gasteiger partial charge on any atom is 0.161 e. The second kappa shape index (κ2) is 7.64. The van der Waals surface area contributed by atoms with E-state index in [4.69, 9.17) is 9.47 Å². The quantitative estimate of drug-likeness (QED) is 0.757. The van der Waals surface area contributed by atoms with E-state index in [1.54, 1.807) is 20.4 Å². The van der Waals surface area contributed by atoms with Gasteiger partial charge in [0.1, 0.15) is 0 Å². The van der Waals surface area contributed by atoms with Crippen molar-refractivity contribution in [1.29, 1.82) is 0 Å². The van der Waals surface area contributed by atoms with Gasteiger partial charge in [0.25, 0.3) is 0 Å². The first-order valence-electron chi connectivity index (χ1n) is 7.44. The van der Waals surface area contributed by atoms with E-state index in [9.17, 15) is 0 Å². The van der Waals surface area contributed by atoms with E-state index < -0.39 is 0 Å². The molecular formula is C15H29N3O2. The third kappa shape index (κ3) is 3.15. The number of aromatic nitrogens is 2. The zero-order valence-electron chi connectivity index (χ0n) is 13.7. The van der Waals surface area contributed by atoms with Gasteiger partial charge in [-0.2, -0.15) is 5.10 Å². The van der Waals surface area contributed by atoms with Gasteiger partial charge in [0.2, 0.25) is 0 Å². The van der Waals surface area contributed by atoms with E-state index in [2.05, 4.69) is 31.2 Å². The predicted octanol–water partition coefficient (Wildman–Crippen LogP) is 2.67. The van der Waals surface area contributed by atoms with Gasteiger partial charge in [-0.3, -0.25) is 4.68 Å². The fraction of sp³-hybridized carbons (Fsp3) is 0.800. The molecule has 0 saturated heterocycles. The smallest absolute Gasteiger partial charge is 0.161 e. The van der Waals surface area contributed by atoms with Crippen LogP contribution in [0.15, 0.2) is 6.20 Å². The summed E-state index contributed by atoms with van der Waals surface area (Å²) in [5, 5.41) is 7.94. The lowest BCUT2D eigenvalue weighted by atomic mass is 9.85. The molecule has 0 fully saturated rings. The molecule has 0 bridgehead atoms. The van der Waals surface area contributed by atoms with Gasteiger partial charge in [-0.05, 0) is 25.8 Å². The minimum Gasteiger partial charge on any atom is -0.493 e. The molecule has 1 rings (SSSR count). The lowest BCUT2D eigenvalue weighted by Gasteiger charge is -2.39. The lowest BCUT2D eigenvalue weighted by Crippen LogP contribution is -2.46. The van der Waals surface area contributed by atoms with Crippen LogP contribution in [0.25, 0.3) is 0 Å². The van der Waals surface area contributed by atoms with Gasteiger partial charge in [-0.25, -0.2) is 0 Å². The molecule has 1 heterocycles. The summed E-state index contributed by atoms with van der Waals surface area (Å²) in [5.74, 6) is 0.810. The predicted molar refractivity (Wildman–Crippen MR) is 81.1 cm³/mol. The monoisotopic (exact) mass is 283 g/mol. The summed E-state index contributed by atoms with van der Waals surface area (Å²) in [6, 6.07) is 0.0601. The number of aryl methyl sites for hydroxylation is 1. The van der Waals surface area contributed by atoms with Crippen molar-refractivity contribution in [3.8, 4) is 5.75 Å². The number of rotatable bonds is 9. The molecule has 0 radical (unpaired) electrons. The van der Waals surface area contributed by atoms with Gasteiger partial charge in [0.05, 0.1) is 30.6 Å². The van der Waals surface area contributed by atoms with Gasteiger partial charge in [-0.1, -0.05) is 20.8 Å². The Morgan fingerprint density at radius 3 is 2.40 bits per heavy atom. The fourth-order valence-electron chi connectivity index (χ4n) is 2.80. The summed E-state index contributed by atoms with van der Waals surface area (Å²) >= 11 is 0. The van der Waals surface area contributed by atoms with Crippen LogP contribution in [0, 0.1) is 0 Å². The third-order valence-corrected chi connectivity index (χ3v) is 4.17. The Balaban J connectivity index is 3.26. The molecule has 0 spiro atoms. The minimum absolute atomic E-state index is 0.0601. The molecule has 1 N–H and O–H groups in total. The maximum absolute atomic E-state index is 5.91. The SMILES string of the molecule is CCCNC(c1c(OC)cnn1C)C(CC)(CC)OC. The van der Waals surface area contributed by atoms with Crippen molar-refractivity contribution in [2.45, 2.75) is 51.7 Å². The largest absolute Gasteiger partial charge is 0.493 e. The van der Waals surface area contributed by atoms with Crippen molar-refractivity contribution < 1.29 is 9.47 Å². The molecular weight excluding hydrogens is 254 g/mol. The van der Waals surface area contributed by atoms with Crippen molar-refractivity contribution in [2.24, 2.45) is 7.05 Å². The Morgan fingerprint density at radius 2 is 1.95 bits per heavy atom. The van der Waals surface area contributed by atoms with Crippen LogP contribution in [-0.2, 0) is 11.8 Å². The molecule has 0 amide bonds. The first kappa shape index (κ1) is 17.0. The van der Waals surface area contributed by atoms with Gasteiger partial charge < -0.3 is 14.8 Å². The zero-order chi connectivity index (χ0) is 15.2. The summed E-state index contributed by atoms with van der Waals surface area (Å²) in [4.78, 5) is 0. The Hall–Kier alpha value is -1.07. The van der Waals surface area contributed by atoms with Crippen LogP contribution >= 0.6 is 0 Å². The number of nitrogens with zero attached hydrogens (tertiary/aromatic N) is 2. The van der Waals surface area contributed by atoms with Crippen LogP contribution in [0.4, 0.5) is 0 Å². The van der Waals surface area contributed by atoms with E-state index >= 15 is 0 Å². The molecule has 0 aromatic carbocycles. The molecule has 5 nitrogen and oxygen atoms in total. The Kier molecular flexibility index (Phi) is 6.49. The van der Waals surface area contributed by atoms with Crippen molar-refractivity contribution in [2.75, 3.05) is 20.8 Å². The van der Waals surface area contributed by atoms with Crippen LogP contribution in [0.2, 0.25) is 0 Å². The molecule has 1 aromatic heterocycles. The number of hydrogen-bond acceptors (Lipinski definition) is 4. The average Bonchev–Trinajstić information content (AvgIpc) is 2.85. The summed E-state index contributed by atoms with van der Waals surface area (Å²) in [5.41, 5.74) is 0.794. The molecule has 1 atom stereocenters. The van der Waals surface area contributed by atoms with Crippen molar-refractivity contribution in [1.82, 2.24) is 15.1 Å². The molecule has 0 saturated carbocycles. The van der Waals surface area contributed by atoms with Crippen molar-refractivity contribution >= 4 is 0 Å². The number of methoxy groups -OCH3 is 2. The van der Waals surface area contributed by atoms with Gasteiger partial charge in [0.15, 0.2) is 5.75 Å². The Labute approximate surface area is 122 Å². The van der Waals surface area contributed by atoms with E-state index in [0.717, 1.165) is 37.3 Å². The highest BCUT2D eigenvalue weighted by atomic mass is 16.5. The molecule has 5 heteroatoms. The van der Waals surface area contributed by atoms with Crippen molar-refractivity contribution in [3.05, 3.63) is 11.9 Å². The average molecular weight is 283 g/mol. The van der Waals surface area contributed by atoms with Crippen LogP contribution in [0.1, 0.15) is 51.8 Å². The van der Waals surface area contributed by atoms with Crippen LogP contribution in [-0.4, -0.2) is 36.1 Å². The summed E-state index contributed by atoms with van der Waals surface area (Å²) in [7, 11) is 5.42. The minimum atomic E-state index is -0.254.